The summed E-state index contributed by atoms with van der Waals surface area (Å²) in [6, 6.07) is 11.1. The molecule has 0 radical (unpaired) electrons. The van der Waals surface area contributed by atoms with E-state index in [2.05, 4.69) is 18.0 Å². The number of nitrogens with two attached hydrogens (primary N) is 1. The maximum absolute atomic E-state index is 15.4. The number of aromatic amines is 1. The van der Waals surface area contributed by atoms with Crippen LogP contribution in [-0.2, 0) is 12.8 Å². The summed E-state index contributed by atoms with van der Waals surface area (Å²) in [5.74, 6) is -0.313. The zero-order valence-electron chi connectivity index (χ0n) is 17.4. The quantitative estimate of drug-likeness (QED) is 0.556. The molecule has 0 aliphatic carbocycles. The summed E-state index contributed by atoms with van der Waals surface area (Å²) in [5.41, 5.74) is 9.90. The molecule has 0 fully saturated rings. The average molecular weight is 398 g/mol. The standard InChI is InChI=1S/C24H29F2N3/c1-4-7-15-12-18(25)21(19(27)13-15)23-22-17(10-11-29(23)14-24(2,3)26)16-8-5-6-9-20(16)28-22/h5-6,8-9,12-13,23,28H,4,7,10-11,14,27H2,1-3H3. The van der Waals surface area contributed by atoms with Crippen LogP contribution in [0.5, 0.6) is 0 Å². The van der Waals surface area contributed by atoms with Gasteiger partial charge >= 0.3 is 0 Å². The molecular formula is C24H29F2N3. The molecule has 1 aliphatic heterocycles. The van der Waals surface area contributed by atoms with Crippen LogP contribution in [-0.4, -0.2) is 28.6 Å². The Balaban J connectivity index is 1.89. The minimum atomic E-state index is -1.39. The Morgan fingerprint density at radius 1 is 1.24 bits per heavy atom. The van der Waals surface area contributed by atoms with Crippen LogP contribution in [0.15, 0.2) is 36.4 Å². The predicted molar refractivity (Wildman–Crippen MR) is 115 cm³/mol. The molecular weight excluding hydrogens is 368 g/mol. The van der Waals surface area contributed by atoms with Gasteiger partial charge in [0.1, 0.15) is 11.5 Å². The van der Waals surface area contributed by atoms with E-state index in [9.17, 15) is 4.39 Å². The van der Waals surface area contributed by atoms with Crippen LogP contribution in [0.4, 0.5) is 14.5 Å². The van der Waals surface area contributed by atoms with E-state index < -0.39 is 11.7 Å². The summed E-state index contributed by atoms with van der Waals surface area (Å²) in [4.78, 5) is 5.51. The molecule has 0 bridgehead atoms. The van der Waals surface area contributed by atoms with Gasteiger partial charge in [0.05, 0.1) is 6.04 Å². The number of nitrogen functional groups attached to an aromatic ring is 1. The lowest BCUT2D eigenvalue weighted by molar-refractivity contribution is 0.0978. The monoisotopic (exact) mass is 397 g/mol. The minimum Gasteiger partial charge on any atom is -0.398 e. The van der Waals surface area contributed by atoms with Gasteiger partial charge < -0.3 is 10.7 Å². The third kappa shape index (κ3) is 3.76. The fourth-order valence-electron chi connectivity index (χ4n) is 4.69. The minimum absolute atomic E-state index is 0.210. The van der Waals surface area contributed by atoms with Gasteiger partial charge in [0.25, 0.3) is 0 Å². The number of para-hydroxylation sites is 1. The number of hydrogen-bond donors (Lipinski definition) is 2. The largest absolute Gasteiger partial charge is 0.398 e. The van der Waals surface area contributed by atoms with E-state index in [4.69, 9.17) is 5.73 Å². The van der Waals surface area contributed by atoms with Crippen LogP contribution >= 0.6 is 0 Å². The summed E-state index contributed by atoms with van der Waals surface area (Å²) >= 11 is 0. The first-order valence-electron chi connectivity index (χ1n) is 10.4. The smallest absolute Gasteiger partial charge is 0.130 e. The van der Waals surface area contributed by atoms with Crippen LogP contribution in [0.25, 0.3) is 10.9 Å². The van der Waals surface area contributed by atoms with E-state index in [1.54, 1.807) is 19.9 Å². The third-order valence-corrected chi connectivity index (χ3v) is 5.75. The first-order valence-corrected chi connectivity index (χ1v) is 10.4. The fraction of sp³-hybridized carbons (Fsp3) is 0.417. The van der Waals surface area contributed by atoms with E-state index >= 15 is 4.39 Å². The molecule has 3 nitrogen and oxygen atoms in total. The lowest BCUT2D eigenvalue weighted by Gasteiger charge is -2.39. The van der Waals surface area contributed by atoms with Gasteiger partial charge in [-0.25, -0.2) is 8.78 Å². The molecule has 2 heterocycles. The van der Waals surface area contributed by atoms with Crippen LogP contribution < -0.4 is 5.73 Å². The van der Waals surface area contributed by atoms with E-state index in [0.29, 0.717) is 17.8 Å². The van der Waals surface area contributed by atoms with E-state index in [1.165, 1.54) is 5.56 Å². The van der Waals surface area contributed by atoms with Gasteiger partial charge in [-0.2, -0.15) is 0 Å². The van der Waals surface area contributed by atoms with Crippen molar-refractivity contribution in [2.24, 2.45) is 0 Å². The van der Waals surface area contributed by atoms with Crippen molar-refractivity contribution in [1.82, 2.24) is 9.88 Å². The highest BCUT2D eigenvalue weighted by molar-refractivity contribution is 5.85. The van der Waals surface area contributed by atoms with E-state index in [0.717, 1.165) is 41.4 Å². The molecule has 154 valence electrons. The van der Waals surface area contributed by atoms with Crippen molar-refractivity contribution in [3.63, 3.8) is 0 Å². The molecule has 29 heavy (non-hydrogen) atoms. The first-order chi connectivity index (χ1) is 13.8. The number of alkyl halides is 1. The average Bonchev–Trinajstić information content (AvgIpc) is 3.00. The second-order valence-corrected chi connectivity index (χ2v) is 8.74. The van der Waals surface area contributed by atoms with Gasteiger partial charge in [-0.05, 0) is 56.0 Å². The van der Waals surface area contributed by atoms with Gasteiger partial charge in [0, 0.05) is 40.9 Å². The zero-order chi connectivity index (χ0) is 20.8. The van der Waals surface area contributed by atoms with Gasteiger partial charge in [-0.1, -0.05) is 31.5 Å². The Morgan fingerprint density at radius 3 is 2.69 bits per heavy atom. The molecule has 5 heteroatoms. The van der Waals surface area contributed by atoms with Crippen molar-refractivity contribution in [3.05, 3.63) is 64.6 Å². The number of nitrogens with one attached hydrogen (secondary N) is 1. The molecule has 1 unspecified atom stereocenters. The summed E-state index contributed by atoms with van der Waals surface area (Å²) in [5, 5.41) is 1.15. The van der Waals surface area contributed by atoms with E-state index in [1.807, 2.05) is 29.2 Å². The lowest BCUT2D eigenvalue weighted by Crippen LogP contribution is -2.43. The second-order valence-electron chi connectivity index (χ2n) is 8.74. The van der Waals surface area contributed by atoms with Gasteiger partial charge in [0.15, 0.2) is 0 Å². The van der Waals surface area contributed by atoms with Crippen LogP contribution in [0, 0.1) is 5.82 Å². The number of aryl methyl sites for hydroxylation is 1. The van der Waals surface area contributed by atoms with Crippen molar-refractivity contribution in [3.8, 4) is 0 Å². The highest BCUT2D eigenvalue weighted by Crippen LogP contribution is 2.42. The number of aromatic nitrogens is 1. The predicted octanol–water partition coefficient (Wildman–Crippen LogP) is 5.54. The maximum atomic E-state index is 15.4. The summed E-state index contributed by atoms with van der Waals surface area (Å²) in [7, 11) is 0. The van der Waals surface area contributed by atoms with Crippen molar-refractivity contribution >= 4 is 16.6 Å². The number of rotatable bonds is 5. The Labute approximate surface area is 170 Å². The van der Waals surface area contributed by atoms with Gasteiger partial charge in [-0.15, -0.1) is 0 Å². The third-order valence-electron chi connectivity index (χ3n) is 5.75. The van der Waals surface area contributed by atoms with Gasteiger partial charge in [-0.3, -0.25) is 4.90 Å². The first kappa shape index (κ1) is 19.9. The molecule has 0 saturated heterocycles. The molecule has 0 spiro atoms. The molecule has 3 aromatic rings. The highest BCUT2D eigenvalue weighted by Gasteiger charge is 2.37. The van der Waals surface area contributed by atoms with Crippen molar-refractivity contribution in [2.75, 3.05) is 18.8 Å². The molecule has 2 aromatic carbocycles. The SMILES string of the molecule is CCCc1cc(N)c(C2c3[nH]c4ccccc4c3CCN2CC(C)(C)F)c(F)c1. The molecule has 1 aromatic heterocycles. The van der Waals surface area contributed by atoms with Crippen molar-refractivity contribution in [2.45, 2.75) is 51.7 Å². The highest BCUT2D eigenvalue weighted by atomic mass is 19.1. The van der Waals surface area contributed by atoms with Crippen LogP contribution in [0.3, 0.4) is 0 Å². The Morgan fingerprint density at radius 2 is 2.00 bits per heavy atom. The second kappa shape index (κ2) is 7.45. The number of anilines is 1. The van der Waals surface area contributed by atoms with E-state index in [-0.39, 0.29) is 12.4 Å². The molecule has 0 saturated carbocycles. The molecule has 1 aliphatic rings. The maximum Gasteiger partial charge on any atom is 0.130 e. The fourth-order valence-corrected chi connectivity index (χ4v) is 4.69. The van der Waals surface area contributed by atoms with Gasteiger partial charge in [0.2, 0.25) is 0 Å². The van der Waals surface area contributed by atoms with Crippen molar-refractivity contribution in [1.29, 1.82) is 0 Å². The summed E-state index contributed by atoms with van der Waals surface area (Å²) in [6.07, 6.45) is 2.50. The lowest BCUT2D eigenvalue weighted by atomic mass is 9.89. The number of halogens is 2. The number of nitrogens with zero attached hydrogens (tertiary/aromatic N) is 1. The molecule has 0 amide bonds. The Hall–Kier alpha value is -2.40. The Bertz CT molecular complexity index is 1010. The normalized spacial score (nSPS) is 17.6. The molecule has 3 N–H and O–H groups in total. The summed E-state index contributed by atoms with van der Waals surface area (Å²) in [6.45, 7) is 6.05. The van der Waals surface area contributed by atoms with Crippen LogP contribution in [0.1, 0.15) is 55.6 Å². The summed E-state index contributed by atoms with van der Waals surface area (Å²) < 4.78 is 30.0. The Kier molecular flexibility index (Phi) is 5.11. The zero-order valence-corrected chi connectivity index (χ0v) is 17.4. The van der Waals surface area contributed by atoms with Crippen molar-refractivity contribution < 1.29 is 8.78 Å². The molecule has 4 rings (SSSR count). The number of hydrogen-bond acceptors (Lipinski definition) is 2. The number of fused-ring (bicyclic) bond motifs is 3. The number of benzene rings is 2. The van der Waals surface area contributed by atoms with Crippen LogP contribution in [0.2, 0.25) is 0 Å². The topological polar surface area (TPSA) is 45.1 Å². The molecule has 1 atom stereocenters. The number of H-pyrrole nitrogens is 1.